The topological polar surface area (TPSA) is 43.3 Å². The van der Waals surface area contributed by atoms with Gasteiger partial charge in [0.1, 0.15) is 17.7 Å². The Hall–Kier alpha value is -1.51. The highest BCUT2D eigenvalue weighted by Crippen LogP contribution is 2.05. The summed E-state index contributed by atoms with van der Waals surface area (Å²) in [5.74, 6) is 0.686. The zero-order chi connectivity index (χ0) is 6.97. The third kappa shape index (κ3) is 0.572. The van der Waals surface area contributed by atoms with Crippen LogP contribution >= 0.6 is 0 Å². The van der Waals surface area contributed by atoms with Crippen LogP contribution in [-0.4, -0.2) is 9.38 Å². The second kappa shape index (κ2) is 1.73. The van der Waals surface area contributed by atoms with E-state index in [0.29, 0.717) is 5.82 Å². The van der Waals surface area contributed by atoms with Crippen molar-refractivity contribution in [2.24, 2.45) is 0 Å². The SMILES string of the molecule is Nc1cccc2n[c]cn12. The third-order valence-corrected chi connectivity index (χ3v) is 1.40. The molecule has 0 aliphatic carbocycles. The second-order valence-electron chi connectivity index (χ2n) is 2.05. The average Bonchev–Trinajstić information content (AvgIpc) is 2.36. The van der Waals surface area contributed by atoms with Gasteiger partial charge in [-0.1, -0.05) is 6.07 Å². The van der Waals surface area contributed by atoms with Gasteiger partial charge in [0.25, 0.3) is 0 Å². The highest BCUT2D eigenvalue weighted by atomic mass is 15.0. The molecule has 0 amide bonds. The van der Waals surface area contributed by atoms with Gasteiger partial charge in [-0.3, -0.25) is 4.40 Å². The minimum Gasteiger partial charge on any atom is -0.385 e. The van der Waals surface area contributed by atoms with Crippen LogP contribution in [0.15, 0.2) is 24.4 Å². The van der Waals surface area contributed by atoms with Gasteiger partial charge in [-0.25, -0.2) is 4.98 Å². The summed E-state index contributed by atoms with van der Waals surface area (Å²) in [5.41, 5.74) is 6.44. The summed E-state index contributed by atoms with van der Waals surface area (Å²) < 4.78 is 1.78. The molecule has 2 heterocycles. The summed E-state index contributed by atoms with van der Waals surface area (Å²) in [6, 6.07) is 5.57. The van der Waals surface area contributed by atoms with E-state index in [-0.39, 0.29) is 0 Å². The Balaban J connectivity index is 2.95. The molecule has 0 aromatic carbocycles. The van der Waals surface area contributed by atoms with Gasteiger partial charge in [0, 0.05) is 6.20 Å². The number of hydrogen-bond donors (Lipinski definition) is 1. The third-order valence-electron chi connectivity index (χ3n) is 1.40. The quantitative estimate of drug-likeness (QED) is 0.573. The molecule has 0 bridgehead atoms. The van der Waals surface area contributed by atoms with Gasteiger partial charge in [0.15, 0.2) is 0 Å². The smallest absolute Gasteiger partial charge is 0.139 e. The van der Waals surface area contributed by atoms with E-state index in [4.69, 9.17) is 5.73 Å². The lowest BCUT2D eigenvalue weighted by Crippen LogP contribution is -1.93. The van der Waals surface area contributed by atoms with Crippen LogP contribution in [0.25, 0.3) is 5.65 Å². The first kappa shape index (κ1) is 5.29. The summed E-state index contributed by atoms with van der Waals surface area (Å²) in [5, 5.41) is 0. The van der Waals surface area contributed by atoms with E-state index >= 15 is 0 Å². The molecule has 2 aromatic heterocycles. The van der Waals surface area contributed by atoms with Crippen molar-refractivity contribution in [2.45, 2.75) is 0 Å². The van der Waals surface area contributed by atoms with Crippen LogP contribution in [0.3, 0.4) is 0 Å². The molecule has 3 nitrogen and oxygen atoms in total. The number of nitrogens with zero attached hydrogens (tertiary/aromatic N) is 2. The molecule has 0 spiro atoms. The molecule has 10 heavy (non-hydrogen) atoms. The lowest BCUT2D eigenvalue weighted by molar-refractivity contribution is 1.20. The van der Waals surface area contributed by atoms with E-state index in [2.05, 4.69) is 11.2 Å². The van der Waals surface area contributed by atoms with Gasteiger partial charge in [-0.2, -0.15) is 0 Å². The first-order valence-corrected chi connectivity index (χ1v) is 2.97. The van der Waals surface area contributed by atoms with Gasteiger partial charge < -0.3 is 5.73 Å². The van der Waals surface area contributed by atoms with Gasteiger partial charge >= 0.3 is 0 Å². The molecule has 0 saturated heterocycles. The molecule has 0 atom stereocenters. The molecular formula is C7H6N3. The maximum atomic E-state index is 5.60. The van der Waals surface area contributed by atoms with Crippen molar-refractivity contribution in [1.29, 1.82) is 0 Å². The zero-order valence-electron chi connectivity index (χ0n) is 5.28. The van der Waals surface area contributed by atoms with E-state index < -0.39 is 0 Å². The van der Waals surface area contributed by atoms with Crippen molar-refractivity contribution in [3.63, 3.8) is 0 Å². The fourth-order valence-electron chi connectivity index (χ4n) is 0.910. The van der Waals surface area contributed by atoms with E-state index in [1.54, 1.807) is 10.6 Å². The minimum atomic E-state index is 0.686. The van der Waals surface area contributed by atoms with Crippen molar-refractivity contribution < 1.29 is 0 Å². The average molecular weight is 132 g/mol. The minimum absolute atomic E-state index is 0.686. The second-order valence-corrected chi connectivity index (χ2v) is 2.05. The molecule has 2 N–H and O–H groups in total. The normalized spacial score (nSPS) is 10.4. The molecule has 0 fully saturated rings. The van der Waals surface area contributed by atoms with Crippen LogP contribution < -0.4 is 5.73 Å². The molecule has 0 aliphatic heterocycles. The monoisotopic (exact) mass is 132 g/mol. The summed E-state index contributed by atoms with van der Waals surface area (Å²) in [6.07, 6.45) is 4.42. The van der Waals surface area contributed by atoms with Crippen LogP contribution in [0.4, 0.5) is 5.82 Å². The molecular weight excluding hydrogens is 126 g/mol. The van der Waals surface area contributed by atoms with Crippen LogP contribution in [0.2, 0.25) is 0 Å². The number of aromatic nitrogens is 2. The number of anilines is 1. The first-order valence-electron chi connectivity index (χ1n) is 2.97. The van der Waals surface area contributed by atoms with Crippen molar-refractivity contribution in [1.82, 2.24) is 9.38 Å². The highest BCUT2D eigenvalue weighted by molar-refractivity contribution is 5.46. The fraction of sp³-hybridized carbons (Fsp3) is 0. The molecule has 3 heteroatoms. The Morgan fingerprint density at radius 1 is 1.50 bits per heavy atom. The van der Waals surface area contributed by atoms with Gasteiger partial charge in [0.05, 0.1) is 0 Å². The van der Waals surface area contributed by atoms with Gasteiger partial charge in [-0.05, 0) is 12.1 Å². The van der Waals surface area contributed by atoms with E-state index in [0.717, 1.165) is 5.65 Å². The van der Waals surface area contributed by atoms with Crippen molar-refractivity contribution in [3.8, 4) is 0 Å². The molecule has 0 saturated carbocycles. The number of nitrogen functional groups attached to an aromatic ring is 1. The number of rotatable bonds is 0. The van der Waals surface area contributed by atoms with E-state index in [1.165, 1.54) is 0 Å². The predicted molar refractivity (Wildman–Crippen MR) is 38.4 cm³/mol. The molecule has 49 valence electrons. The zero-order valence-corrected chi connectivity index (χ0v) is 5.28. The van der Waals surface area contributed by atoms with Crippen molar-refractivity contribution >= 4 is 11.5 Å². The summed E-state index contributed by atoms with van der Waals surface area (Å²) in [7, 11) is 0. The van der Waals surface area contributed by atoms with Crippen LogP contribution in [0.5, 0.6) is 0 Å². The molecule has 2 rings (SSSR count). The number of fused-ring (bicyclic) bond motifs is 1. The Bertz CT molecular complexity index is 350. The molecule has 0 unspecified atom stereocenters. The summed E-state index contributed by atoms with van der Waals surface area (Å²) >= 11 is 0. The molecule has 1 radical (unpaired) electrons. The number of imidazole rings is 1. The lowest BCUT2D eigenvalue weighted by atomic mass is 10.4. The Labute approximate surface area is 58.1 Å². The fourth-order valence-corrected chi connectivity index (χ4v) is 0.910. The van der Waals surface area contributed by atoms with E-state index in [9.17, 15) is 0 Å². The lowest BCUT2D eigenvalue weighted by Gasteiger charge is -1.95. The molecule has 2 aromatic rings. The van der Waals surface area contributed by atoms with Crippen molar-refractivity contribution in [3.05, 3.63) is 30.6 Å². The largest absolute Gasteiger partial charge is 0.385 e. The van der Waals surface area contributed by atoms with Gasteiger partial charge in [0.2, 0.25) is 0 Å². The Morgan fingerprint density at radius 2 is 2.40 bits per heavy atom. The summed E-state index contributed by atoms with van der Waals surface area (Å²) in [6.45, 7) is 0. The standard InChI is InChI=1S/C7H6N3/c8-6-2-1-3-7-9-4-5-10(6)7/h1-3,5H,8H2. The molecule has 0 aliphatic rings. The summed E-state index contributed by atoms with van der Waals surface area (Å²) in [4.78, 5) is 3.94. The van der Waals surface area contributed by atoms with E-state index in [1.807, 2.05) is 18.2 Å². The first-order chi connectivity index (χ1) is 4.88. The van der Waals surface area contributed by atoms with Gasteiger partial charge in [-0.15, -0.1) is 0 Å². The predicted octanol–water partition coefficient (Wildman–Crippen LogP) is 0.717. The highest BCUT2D eigenvalue weighted by Gasteiger charge is 1.93. The maximum absolute atomic E-state index is 5.60. The van der Waals surface area contributed by atoms with Crippen LogP contribution in [0.1, 0.15) is 0 Å². The maximum Gasteiger partial charge on any atom is 0.139 e. The van der Waals surface area contributed by atoms with Crippen molar-refractivity contribution in [2.75, 3.05) is 5.73 Å². The number of pyridine rings is 1. The number of nitrogens with two attached hydrogens (primary N) is 1. The Morgan fingerprint density at radius 3 is 3.20 bits per heavy atom. The number of hydrogen-bond acceptors (Lipinski definition) is 2. The van der Waals surface area contributed by atoms with Crippen LogP contribution in [0, 0.1) is 6.20 Å². The Kier molecular flexibility index (Phi) is 0.917. The van der Waals surface area contributed by atoms with Crippen LogP contribution in [-0.2, 0) is 0 Å².